The van der Waals surface area contributed by atoms with Crippen molar-refractivity contribution in [3.8, 4) is 5.75 Å². The number of carbonyl (C=O) groups is 1. The van der Waals surface area contributed by atoms with Crippen molar-refractivity contribution in [1.82, 2.24) is 4.31 Å². The fourth-order valence-electron chi connectivity index (χ4n) is 2.20. The lowest BCUT2D eigenvalue weighted by Gasteiger charge is -2.18. The van der Waals surface area contributed by atoms with Gasteiger partial charge in [0.2, 0.25) is 15.9 Å². The van der Waals surface area contributed by atoms with E-state index in [1.807, 2.05) is 0 Å². The van der Waals surface area contributed by atoms with Gasteiger partial charge in [-0.25, -0.2) is 12.8 Å². The van der Waals surface area contributed by atoms with E-state index in [1.54, 1.807) is 0 Å². The Labute approximate surface area is 154 Å². The second-order valence-electron chi connectivity index (χ2n) is 5.41. The second kappa shape index (κ2) is 8.10. The van der Waals surface area contributed by atoms with Crippen LogP contribution in [0.1, 0.15) is 0 Å². The number of anilines is 1. The fourth-order valence-corrected chi connectivity index (χ4v) is 3.50. The van der Waals surface area contributed by atoms with Gasteiger partial charge in [0.1, 0.15) is 16.5 Å². The molecule has 2 rings (SSSR count). The Bertz CT molecular complexity index is 980. The van der Waals surface area contributed by atoms with Crippen molar-refractivity contribution in [2.24, 2.45) is 0 Å². The summed E-state index contributed by atoms with van der Waals surface area (Å²) in [6.07, 6.45) is 0. The van der Waals surface area contributed by atoms with Crippen LogP contribution in [0.4, 0.5) is 15.8 Å². The average Bonchev–Trinajstić information content (AvgIpc) is 2.61. The number of hydrogen-bond donors (Lipinski definition) is 1. The first kappa shape index (κ1) is 20.3. The third-order valence-electron chi connectivity index (χ3n) is 3.52. The van der Waals surface area contributed by atoms with Gasteiger partial charge in [-0.2, -0.15) is 4.31 Å². The van der Waals surface area contributed by atoms with Crippen molar-refractivity contribution in [2.45, 2.75) is 4.90 Å². The molecule has 0 unspecified atom stereocenters. The number of methoxy groups -OCH3 is 1. The highest BCUT2D eigenvalue weighted by Crippen LogP contribution is 2.27. The zero-order valence-electron chi connectivity index (χ0n) is 14.4. The van der Waals surface area contributed by atoms with E-state index in [0.29, 0.717) is 0 Å². The van der Waals surface area contributed by atoms with Gasteiger partial charge in [-0.1, -0.05) is 6.07 Å². The number of non-ortho nitro benzene ring substituents is 1. The lowest BCUT2D eigenvalue weighted by molar-refractivity contribution is -0.384. The normalized spacial score (nSPS) is 11.3. The highest BCUT2D eigenvalue weighted by Gasteiger charge is 2.27. The van der Waals surface area contributed by atoms with Gasteiger partial charge in [-0.05, 0) is 24.3 Å². The van der Waals surface area contributed by atoms with E-state index >= 15 is 0 Å². The number of nitro groups is 1. The molecular weight excluding hydrogens is 381 g/mol. The number of nitrogens with zero attached hydrogens (tertiary/aromatic N) is 2. The Kier molecular flexibility index (Phi) is 6.08. The Morgan fingerprint density at radius 1 is 1.30 bits per heavy atom. The summed E-state index contributed by atoms with van der Waals surface area (Å²) in [5.74, 6) is -1.57. The molecule has 0 saturated carbocycles. The minimum atomic E-state index is -4.21. The molecule has 1 N–H and O–H groups in total. The average molecular weight is 397 g/mol. The minimum Gasteiger partial charge on any atom is -0.495 e. The predicted octanol–water partition coefficient (Wildman–Crippen LogP) is 2.00. The maximum Gasteiger partial charge on any atom is 0.271 e. The Balaban J connectivity index is 2.17. The minimum absolute atomic E-state index is 0.0673. The SMILES string of the molecule is COc1ccc(F)cc1S(=O)(=O)N(C)CC(=O)Nc1cccc([N+](=O)[O-])c1. The number of amides is 1. The predicted molar refractivity (Wildman–Crippen MR) is 94.5 cm³/mol. The molecule has 11 heteroatoms. The van der Waals surface area contributed by atoms with Crippen molar-refractivity contribution >= 4 is 27.3 Å². The summed E-state index contributed by atoms with van der Waals surface area (Å²) < 4.78 is 44.3. The van der Waals surface area contributed by atoms with Crippen LogP contribution in [-0.2, 0) is 14.8 Å². The Hall–Kier alpha value is -3.05. The largest absolute Gasteiger partial charge is 0.495 e. The van der Waals surface area contributed by atoms with Crippen LogP contribution in [0.3, 0.4) is 0 Å². The first-order valence-electron chi connectivity index (χ1n) is 7.49. The molecule has 0 aliphatic rings. The molecule has 1 amide bonds. The molecular formula is C16H16FN3O6S. The van der Waals surface area contributed by atoms with Crippen LogP contribution in [0.5, 0.6) is 5.75 Å². The highest BCUT2D eigenvalue weighted by molar-refractivity contribution is 7.89. The summed E-state index contributed by atoms with van der Waals surface area (Å²) in [6, 6.07) is 8.21. The Morgan fingerprint density at radius 3 is 2.63 bits per heavy atom. The number of sulfonamides is 1. The number of ether oxygens (including phenoxy) is 1. The van der Waals surface area contributed by atoms with Crippen molar-refractivity contribution in [2.75, 3.05) is 26.0 Å². The molecule has 9 nitrogen and oxygen atoms in total. The third kappa shape index (κ3) is 4.77. The second-order valence-corrected chi connectivity index (χ2v) is 7.43. The summed E-state index contributed by atoms with van der Waals surface area (Å²) in [4.78, 5) is 21.8. The van der Waals surface area contributed by atoms with E-state index in [0.717, 1.165) is 29.6 Å². The molecule has 0 atom stereocenters. The first-order valence-corrected chi connectivity index (χ1v) is 8.93. The molecule has 2 aromatic rings. The molecule has 144 valence electrons. The summed E-state index contributed by atoms with van der Waals surface area (Å²) >= 11 is 0. The number of nitrogens with one attached hydrogen (secondary N) is 1. The third-order valence-corrected chi connectivity index (χ3v) is 5.35. The van der Waals surface area contributed by atoms with Gasteiger partial charge in [-0.15, -0.1) is 0 Å². The van der Waals surface area contributed by atoms with E-state index in [1.165, 1.54) is 31.4 Å². The topological polar surface area (TPSA) is 119 Å². The van der Waals surface area contributed by atoms with Gasteiger partial charge in [0.05, 0.1) is 18.6 Å². The van der Waals surface area contributed by atoms with Gasteiger partial charge in [0.25, 0.3) is 5.69 Å². The number of nitro benzene ring substituents is 1. The summed E-state index contributed by atoms with van der Waals surface area (Å²) in [7, 11) is -1.83. The zero-order valence-corrected chi connectivity index (χ0v) is 15.2. The van der Waals surface area contributed by atoms with E-state index in [4.69, 9.17) is 4.74 Å². The van der Waals surface area contributed by atoms with Gasteiger partial charge in [0.15, 0.2) is 0 Å². The lowest BCUT2D eigenvalue weighted by Crippen LogP contribution is -2.35. The van der Waals surface area contributed by atoms with E-state index in [-0.39, 0.29) is 17.1 Å². The van der Waals surface area contributed by atoms with Crippen molar-refractivity contribution in [3.05, 3.63) is 58.4 Å². The van der Waals surface area contributed by atoms with Crippen LogP contribution in [0.25, 0.3) is 0 Å². The molecule has 0 fully saturated rings. The molecule has 0 heterocycles. The lowest BCUT2D eigenvalue weighted by atomic mass is 10.3. The van der Waals surface area contributed by atoms with Gasteiger partial charge >= 0.3 is 0 Å². The zero-order chi connectivity index (χ0) is 20.2. The van der Waals surface area contributed by atoms with Crippen LogP contribution >= 0.6 is 0 Å². The maximum absolute atomic E-state index is 13.5. The fraction of sp³-hybridized carbons (Fsp3) is 0.188. The van der Waals surface area contributed by atoms with E-state index < -0.39 is 38.1 Å². The molecule has 0 radical (unpaired) electrons. The molecule has 27 heavy (non-hydrogen) atoms. The summed E-state index contributed by atoms with van der Waals surface area (Å²) in [6.45, 7) is -0.593. The van der Waals surface area contributed by atoms with Crippen LogP contribution in [0.2, 0.25) is 0 Å². The number of likely N-dealkylation sites (N-methyl/N-ethyl adjacent to an activating group) is 1. The molecule has 0 aliphatic carbocycles. The van der Waals surface area contributed by atoms with Crippen LogP contribution in [0, 0.1) is 15.9 Å². The molecule has 0 aliphatic heterocycles. The molecule has 0 saturated heterocycles. The van der Waals surface area contributed by atoms with E-state index in [9.17, 15) is 27.7 Å². The van der Waals surface area contributed by atoms with Crippen molar-refractivity contribution in [3.63, 3.8) is 0 Å². The van der Waals surface area contributed by atoms with Gasteiger partial charge < -0.3 is 10.1 Å². The highest BCUT2D eigenvalue weighted by atomic mass is 32.2. The smallest absolute Gasteiger partial charge is 0.271 e. The number of benzene rings is 2. The number of carbonyl (C=O) groups excluding carboxylic acids is 1. The van der Waals surface area contributed by atoms with Crippen LogP contribution in [0.15, 0.2) is 47.4 Å². The monoisotopic (exact) mass is 397 g/mol. The van der Waals surface area contributed by atoms with Crippen molar-refractivity contribution < 1.29 is 27.3 Å². The Morgan fingerprint density at radius 2 is 2.00 bits per heavy atom. The van der Waals surface area contributed by atoms with E-state index in [2.05, 4.69) is 5.32 Å². The molecule has 0 bridgehead atoms. The summed E-state index contributed by atoms with van der Waals surface area (Å²) in [5, 5.41) is 13.1. The quantitative estimate of drug-likeness (QED) is 0.564. The van der Waals surface area contributed by atoms with Crippen LogP contribution in [-0.4, -0.2) is 44.3 Å². The molecule has 0 spiro atoms. The number of hydrogen-bond acceptors (Lipinski definition) is 6. The molecule has 2 aromatic carbocycles. The number of halogens is 1. The maximum atomic E-state index is 13.5. The van der Waals surface area contributed by atoms with Gasteiger partial charge in [-0.3, -0.25) is 14.9 Å². The standard InChI is InChI=1S/C16H16FN3O6S/c1-19(27(24,25)15-8-11(17)6-7-14(15)26-2)10-16(21)18-12-4-3-5-13(9-12)20(22)23/h3-9H,10H2,1-2H3,(H,18,21). The summed E-state index contributed by atoms with van der Waals surface area (Å²) in [5.41, 5.74) is -0.0818. The number of rotatable bonds is 7. The van der Waals surface area contributed by atoms with Crippen molar-refractivity contribution in [1.29, 1.82) is 0 Å². The molecule has 0 aromatic heterocycles. The van der Waals surface area contributed by atoms with Crippen LogP contribution < -0.4 is 10.1 Å². The first-order chi connectivity index (χ1) is 12.6. The van der Waals surface area contributed by atoms with Gasteiger partial charge in [0, 0.05) is 24.9 Å².